The third-order valence-corrected chi connectivity index (χ3v) is 9.51. The second kappa shape index (κ2) is 17.5. The van der Waals surface area contributed by atoms with Crippen LogP contribution < -0.4 is 4.74 Å². The van der Waals surface area contributed by atoms with Crippen LogP contribution >= 0.6 is 36.4 Å². The Morgan fingerprint density at radius 3 is 2.57 bits per heavy atom. The molecule has 2 aromatic rings. The molecule has 1 N–H and O–H groups in total. The molecule has 2 unspecified atom stereocenters. The van der Waals surface area contributed by atoms with Crippen LogP contribution in [0.25, 0.3) is 5.57 Å². The zero-order valence-electron chi connectivity index (χ0n) is 27.4. The number of carbonyl (C=O) groups is 2. The summed E-state index contributed by atoms with van der Waals surface area (Å²) in [6, 6.07) is 11.3. The van der Waals surface area contributed by atoms with Crippen molar-refractivity contribution in [3.63, 3.8) is 0 Å². The highest BCUT2D eigenvalue weighted by Gasteiger charge is 2.35. The van der Waals surface area contributed by atoms with E-state index in [0.29, 0.717) is 35.1 Å². The van der Waals surface area contributed by atoms with Gasteiger partial charge in [-0.2, -0.15) is 0 Å². The van der Waals surface area contributed by atoms with Crippen molar-refractivity contribution in [1.82, 2.24) is 9.88 Å². The molecule has 264 valence electrons. The molecule has 2 aliphatic heterocycles. The molecule has 12 heteroatoms. The molecular weight excluding hydrogens is 691 g/mol. The first-order valence-electron chi connectivity index (χ1n) is 16.5. The summed E-state index contributed by atoms with van der Waals surface area (Å²) in [6.07, 6.45) is 15.8. The quantitative estimate of drug-likeness (QED) is 0.213. The Bertz CT molecular complexity index is 1580. The standard InChI is InChI=1S/C37H41ClN2O7.2ClH/c1-25(45-36(42)46-29-9-3-2-4-10-29)44-35(41)31-11-5-13-33-32(31)24-26(30-12-6-20-39-34(30)47-33)8-7-21-40-22-18-37(43,19-23-40)27-14-16-28(38)17-15-27;;/h5-6,8,11-17,20,24-25,29,31,43H,2-4,7,9-10,18-19,21-23H2,1H3;2*1H. The van der Waals surface area contributed by atoms with E-state index in [1.165, 1.54) is 6.92 Å². The maximum atomic E-state index is 13.4. The number of fused-ring (bicyclic) bond motifs is 2. The van der Waals surface area contributed by atoms with Gasteiger partial charge in [0.1, 0.15) is 17.8 Å². The number of nitrogens with zero attached hydrogens (tertiary/aromatic N) is 2. The van der Waals surface area contributed by atoms with Crippen molar-refractivity contribution in [2.75, 3.05) is 19.6 Å². The van der Waals surface area contributed by atoms with Crippen molar-refractivity contribution >= 4 is 54.1 Å². The molecule has 1 saturated heterocycles. The van der Waals surface area contributed by atoms with E-state index in [2.05, 4.69) is 16.0 Å². The van der Waals surface area contributed by atoms with Gasteiger partial charge < -0.3 is 29.0 Å². The maximum Gasteiger partial charge on any atom is 0.511 e. The molecule has 0 radical (unpaired) electrons. The third kappa shape index (κ3) is 9.67. The highest BCUT2D eigenvalue weighted by atomic mass is 35.5. The van der Waals surface area contributed by atoms with Crippen LogP contribution in [-0.4, -0.2) is 59.1 Å². The van der Waals surface area contributed by atoms with Gasteiger partial charge in [-0.3, -0.25) is 4.79 Å². The molecule has 9 nitrogen and oxygen atoms in total. The van der Waals surface area contributed by atoms with E-state index < -0.39 is 29.9 Å². The van der Waals surface area contributed by atoms with Gasteiger partial charge in [-0.05, 0) is 92.5 Å². The van der Waals surface area contributed by atoms with E-state index in [0.717, 1.165) is 74.9 Å². The summed E-state index contributed by atoms with van der Waals surface area (Å²) in [5.74, 6) is -0.396. The van der Waals surface area contributed by atoms with Crippen molar-refractivity contribution in [3.8, 4) is 5.88 Å². The van der Waals surface area contributed by atoms with Crippen molar-refractivity contribution < 1.29 is 33.6 Å². The van der Waals surface area contributed by atoms with Crippen LogP contribution in [0.5, 0.6) is 5.88 Å². The maximum absolute atomic E-state index is 13.4. The number of aromatic nitrogens is 1. The van der Waals surface area contributed by atoms with Crippen molar-refractivity contribution in [2.24, 2.45) is 5.92 Å². The van der Waals surface area contributed by atoms with Crippen LogP contribution in [0.15, 0.2) is 84.3 Å². The van der Waals surface area contributed by atoms with E-state index in [1.54, 1.807) is 24.4 Å². The minimum absolute atomic E-state index is 0. The summed E-state index contributed by atoms with van der Waals surface area (Å²) >= 11 is 6.05. The Kier molecular flexibility index (Phi) is 13.8. The van der Waals surface area contributed by atoms with Crippen LogP contribution in [-0.2, 0) is 24.6 Å². The number of halogens is 3. The Morgan fingerprint density at radius 2 is 1.84 bits per heavy atom. The molecule has 0 bridgehead atoms. The predicted octanol–water partition coefficient (Wildman–Crippen LogP) is 8.10. The van der Waals surface area contributed by atoms with Crippen LogP contribution in [0, 0.1) is 5.92 Å². The fraction of sp³-hybridized carbons (Fsp3) is 0.432. The summed E-state index contributed by atoms with van der Waals surface area (Å²) in [6.45, 7) is 3.85. The van der Waals surface area contributed by atoms with Gasteiger partial charge in [0, 0.05) is 48.9 Å². The minimum Gasteiger partial charge on any atom is -0.438 e. The molecule has 0 amide bonds. The number of rotatable bonds is 8. The molecule has 3 heterocycles. The zero-order chi connectivity index (χ0) is 32.8. The van der Waals surface area contributed by atoms with Gasteiger partial charge >= 0.3 is 12.1 Å². The zero-order valence-corrected chi connectivity index (χ0v) is 29.8. The molecule has 1 aromatic carbocycles. The first-order valence-corrected chi connectivity index (χ1v) is 16.9. The van der Waals surface area contributed by atoms with Gasteiger partial charge in [-0.15, -0.1) is 24.8 Å². The van der Waals surface area contributed by atoms with E-state index in [-0.39, 0.29) is 30.9 Å². The number of benzene rings is 1. The lowest BCUT2D eigenvalue weighted by molar-refractivity contribution is -0.171. The Balaban J connectivity index is 0.00000270. The SMILES string of the molecule is CC(OC(=O)OC1CCCCC1)OC(=O)C1C=CC=C2Oc3ncccc3C(=CCCN3CCC(O)(c4ccc(Cl)cc4)CC3)C=C21.Cl.Cl. The number of likely N-dealkylation sites (tertiary alicyclic amines) is 1. The number of hydrogen-bond acceptors (Lipinski definition) is 9. The lowest BCUT2D eigenvalue weighted by Gasteiger charge is -2.38. The van der Waals surface area contributed by atoms with Crippen LogP contribution in [0.3, 0.4) is 0 Å². The van der Waals surface area contributed by atoms with Crippen LogP contribution in [0.2, 0.25) is 5.02 Å². The summed E-state index contributed by atoms with van der Waals surface area (Å²) < 4.78 is 22.5. The number of ether oxygens (including phenoxy) is 4. The topological polar surface area (TPSA) is 107 Å². The van der Waals surface area contributed by atoms with E-state index in [9.17, 15) is 14.7 Å². The number of piperidine rings is 1. The average Bonchev–Trinajstić information content (AvgIpc) is 3.23. The summed E-state index contributed by atoms with van der Waals surface area (Å²) in [5, 5.41) is 11.9. The summed E-state index contributed by atoms with van der Waals surface area (Å²) in [4.78, 5) is 32.6. The second-order valence-electron chi connectivity index (χ2n) is 12.5. The first kappa shape index (κ1) is 38.5. The lowest BCUT2D eigenvalue weighted by Crippen LogP contribution is -2.42. The fourth-order valence-electron chi connectivity index (χ4n) is 6.62. The van der Waals surface area contributed by atoms with Gasteiger partial charge in [-0.25, -0.2) is 9.78 Å². The van der Waals surface area contributed by atoms with Gasteiger partial charge in [0.2, 0.25) is 12.2 Å². The lowest BCUT2D eigenvalue weighted by atomic mass is 9.84. The molecule has 0 spiro atoms. The molecule has 2 aliphatic carbocycles. The normalized spacial score (nSPS) is 21.5. The highest BCUT2D eigenvalue weighted by molar-refractivity contribution is 6.30. The largest absolute Gasteiger partial charge is 0.511 e. The molecule has 2 fully saturated rings. The molecule has 49 heavy (non-hydrogen) atoms. The predicted molar refractivity (Wildman–Crippen MR) is 192 cm³/mol. The number of esters is 1. The van der Waals surface area contributed by atoms with Gasteiger partial charge in [0.15, 0.2) is 0 Å². The number of pyridine rings is 1. The highest BCUT2D eigenvalue weighted by Crippen LogP contribution is 2.39. The van der Waals surface area contributed by atoms with E-state index >= 15 is 0 Å². The average molecular weight is 734 g/mol. The number of carbonyl (C=O) groups excluding carboxylic acids is 2. The smallest absolute Gasteiger partial charge is 0.438 e. The third-order valence-electron chi connectivity index (χ3n) is 9.26. The molecular formula is C37H43Cl3N2O7. The Labute approximate surface area is 304 Å². The van der Waals surface area contributed by atoms with Crippen molar-refractivity contribution in [1.29, 1.82) is 0 Å². The van der Waals surface area contributed by atoms with E-state index in [1.807, 2.05) is 42.5 Å². The van der Waals surface area contributed by atoms with Gasteiger partial charge in [0.05, 0.1) is 5.60 Å². The molecule has 1 saturated carbocycles. The monoisotopic (exact) mass is 732 g/mol. The Morgan fingerprint density at radius 1 is 1.10 bits per heavy atom. The number of aliphatic hydroxyl groups is 1. The molecule has 6 rings (SSSR count). The first-order chi connectivity index (χ1) is 22.8. The summed E-state index contributed by atoms with van der Waals surface area (Å²) in [7, 11) is 0. The summed E-state index contributed by atoms with van der Waals surface area (Å²) in [5.41, 5.74) is 2.38. The molecule has 1 aromatic heterocycles. The van der Waals surface area contributed by atoms with Gasteiger partial charge in [-0.1, -0.05) is 48.4 Å². The minimum atomic E-state index is -1.12. The van der Waals surface area contributed by atoms with Crippen LogP contribution in [0.4, 0.5) is 4.79 Å². The second-order valence-corrected chi connectivity index (χ2v) is 13.0. The van der Waals surface area contributed by atoms with Crippen molar-refractivity contribution in [2.45, 2.75) is 76.3 Å². The van der Waals surface area contributed by atoms with E-state index in [4.69, 9.17) is 30.5 Å². The fourth-order valence-corrected chi connectivity index (χ4v) is 6.74. The van der Waals surface area contributed by atoms with Gasteiger partial charge in [0.25, 0.3) is 0 Å². The Hall–Kier alpha value is -3.34. The molecule has 2 atom stereocenters. The number of allylic oxidation sites excluding steroid dienone is 5. The number of hydrogen-bond donors (Lipinski definition) is 1. The van der Waals surface area contributed by atoms with Crippen LogP contribution in [0.1, 0.15) is 69.4 Å². The van der Waals surface area contributed by atoms with Crippen molar-refractivity contribution in [3.05, 3.63) is 100 Å². The molecule has 4 aliphatic rings.